The van der Waals surface area contributed by atoms with Crippen LogP contribution in [0.3, 0.4) is 0 Å². The number of nitrogens with one attached hydrogen (secondary N) is 1. The molecule has 0 aliphatic rings. The van der Waals surface area contributed by atoms with E-state index >= 15 is 0 Å². The number of nitrogens with zero attached hydrogens (tertiary/aromatic N) is 1. The van der Waals surface area contributed by atoms with Crippen molar-refractivity contribution in [1.82, 2.24) is 0 Å². The van der Waals surface area contributed by atoms with E-state index in [4.69, 9.17) is 5.26 Å². The zero-order chi connectivity index (χ0) is 11.4. The van der Waals surface area contributed by atoms with Gasteiger partial charge in [-0.05, 0) is 48.9 Å². The SMILES string of the molecule is CC(=O)Nc1cc(C)c(SC#N)cc1C. The number of hydrogen-bond donors (Lipinski definition) is 1. The number of rotatable bonds is 2. The third-order valence-corrected chi connectivity index (χ3v) is 2.74. The van der Waals surface area contributed by atoms with Crippen molar-refractivity contribution >= 4 is 23.4 Å². The maximum atomic E-state index is 10.9. The van der Waals surface area contributed by atoms with Crippen molar-refractivity contribution < 1.29 is 4.79 Å². The first kappa shape index (κ1) is 11.6. The lowest BCUT2D eigenvalue weighted by molar-refractivity contribution is -0.114. The van der Waals surface area contributed by atoms with Crippen molar-refractivity contribution in [3.63, 3.8) is 0 Å². The molecule has 0 fully saturated rings. The van der Waals surface area contributed by atoms with E-state index in [-0.39, 0.29) is 5.91 Å². The molecule has 15 heavy (non-hydrogen) atoms. The van der Waals surface area contributed by atoms with Crippen LogP contribution in [0.1, 0.15) is 18.1 Å². The molecule has 0 atom stereocenters. The predicted molar refractivity (Wildman–Crippen MR) is 61.7 cm³/mol. The highest BCUT2D eigenvalue weighted by molar-refractivity contribution is 8.03. The number of amides is 1. The second-order valence-electron chi connectivity index (χ2n) is 3.31. The van der Waals surface area contributed by atoms with Crippen LogP contribution in [0.2, 0.25) is 0 Å². The zero-order valence-electron chi connectivity index (χ0n) is 8.92. The van der Waals surface area contributed by atoms with Gasteiger partial charge in [-0.1, -0.05) is 0 Å². The van der Waals surface area contributed by atoms with Crippen LogP contribution >= 0.6 is 11.8 Å². The molecule has 0 unspecified atom stereocenters. The summed E-state index contributed by atoms with van der Waals surface area (Å²) in [7, 11) is 0. The van der Waals surface area contributed by atoms with E-state index in [1.165, 1.54) is 6.92 Å². The summed E-state index contributed by atoms with van der Waals surface area (Å²) in [6, 6.07) is 3.80. The van der Waals surface area contributed by atoms with E-state index < -0.39 is 0 Å². The standard InChI is InChI=1S/C11H12N2OS/c1-7-5-11(15-6-12)8(2)4-10(7)13-9(3)14/h4-5H,1-3H3,(H,13,14). The molecule has 0 spiro atoms. The fraction of sp³-hybridized carbons (Fsp3) is 0.273. The third-order valence-electron chi connectivity index (χ3n) is 1.99. The number of hydrogen-bond acceptors (Lipinski definition) is 3. The summed E-state index contributed by atoms with van der Waals surface area (Å²) in [5, 5.41) is 13.4. The molecule has 0 radical (unpaired) electrons. The van der Waals surface area contributed by atoms with Gasteiger partial charge in [0.1, 0.15) is 5.40 Å². The normalized spacial score (nSPS) is 9.47. The number of nitriles is 1. The summed E-state index contributed by atoms with van der Waals surface area (Å²) in [6.07, 6.45) is 0. The van der Waals surface area contributed by atoms with Crippen molar-refractivity contribution in [1.29, 1.82) is 5.26 Å². The quantitative estimate of drug-likeness (QED) is 0.616. The molecule has 0 heterocycles. The lowest BCUT2D eigenvalue weighted by atomic mass is 10.1. The highest BCUT2D eigenvalue weighted by Crippen LogP contribution is 2.27. The summed E-state index contributed by atoms with van der Waals surface area (Å²) in [4.78, 5) is 11.9. The summed E-state index contributed by atoms with van der Waals surface area (Å²) in [5.74, 6) is -0.0850. The maximum Gasteiger partial charge on any atom is 0.221 e. The van der Waals surface area contributed by atoms with Crippen LogP contribution in [-0.2, 0) is 4.79 Å². The fourth-order valence-electron chi connectivity index (χ4n) is 1.27. The lowest BCUT2D eigenvalue weighted by Crippen LogP contribution is -2.07. The predicted octanol–water partition coefficient (Wildman–Crippen LogP) is 2.84. The monoisotopic (exact) mass is 220 g/mol. The molecule has 0 aliphatic heterocycles. The molecule has 0 saturated heterocycles. The van der Waals surface area contributed by atoms with E-state index in [9.17, 15) is 4.79 Å². The van der Waals surface area contributed by atoms with Gasteiger partial charge in [0.2, 0.25) is 5.91 Å². The molecule has 0 aliphatic carbocycles. The minimum absolute atomic E-state index is 0.0850. The Morgan fingerprint density at radius 1 is 1.40 bits per heavy atom. The number of carbonyl (C=O) groups is 1. The fourth-order valence-corrected chi connectivity index (χ4v) is 1.83. The molecule has 4 heteroatoms. The van der Waals surface area contributed by atoms with Crippen LogP contribution in [0.25, 0.3) is 0 Å². The van der Waals surface area contributed by atoms with Crippen LogP contribution in [0.4, 0.5) is 5.69 Å². The molecular weight excluding hydrogens is 208 g/mol. The van der Waals surface area contributed by atoms with Gasteiger partial charge >= 0.3 is 0 Å². The van der Waals surface area contributed by atoms with Crippen molar-refractivity contribution in [2.75, 3.05) is 5.32 Å². The number of carbonyl (C=O) groups excluding carboxylic acids is 1. The van der Waals surface area contributed by atoms with Crippen LogP contribution < -0.4 is 5.32 Å². The average Bonchev–Trinajstić information content (AvgIpc) is 2.13. The van der Waals surface area contributed by atoms with E-state index in [1.807, 2.05) is 31.4 Å². The Labute approximate surface area is 93.5 Å². The number of thiocyanates is 1. The minimum Gasteiger partial charge on any atom is -0.326 e. The van der Waals surface area contributed by atoms with Crippen LogP contribution in [0.5, 0.6) is 0 Å². The van der Waals surface area contributed by atoms with E-state index in [0.29, 0.717) is 0 Å². The second-order valence-corrected chi connectivity index (χ2v) is 4.13. The second kappa shape index (κ2) is 4.85. The number of aryl methyl sites for hydroxylation is 2. The van der Waals surface area contributed by atoms with Crippen LogP contribution in [-0.4, -0.2) is 5.91 Å². The molecule has 1 aromatic rings. The molecular formula is C11H12N2OS. The van der Waals surface area contributed by atoms with Gasteiger partial charge in [-0.3, -0.25) is 4.79 Å². The Bertz CT molecular complexity index is 435. The van der Waals surface area contributed by atoms with E-state index in [0.717, 1.165) is 33.5 Å². The highest BCUT2D eigenvalue weighted by Gasteiger charge is 2.05. The Balaban J connectivity index is 3.08. The van der Waals surface area contributed by atoms with Crippen molar-refractivity contribution in [3.05, 3.63) is 23.3 Å². The van der Waals surface area contributed by atoms with Gasteiger partial charge in [0.05, 0.1) is 0 Å². The van der Waals surface area contributed by atoms with Gasteiger partial charge in [0, 0.05) is 17.5 Å². The zero-order valence-corrected chi connectivity index (χ0v) is 9.73. The van der Waals surface area contributed by atoms with Gasteiger partial charge in [-0.2, -0.15) is 5.26 Å². The minimum atomic E-state index is -0.0850. The first-order chi connectivity index (χ1) is 7.04. The van der Waals surface area contributed by atoms with Crippen molar-refractivity contribution in [3.8, 4) is 5.40 Å². The molecule has 1 aromatic carbocycles. The Morgan fingerprint density at radius 2 is 2.07 bits per heavy atom. The number of benzene rings is 1. The lowest BCUT2D eigenvalue weighted by Gasteiger charge is -2.09. The van der Waals surface area contributed by atoms with Crippen LogP contribution in [0.15, 0.2) is 17.0 Å². The van der Waals surface area contributed by atoms with Crippen molar-refractivity contribution in [2.45, 2.75) is 25.7 Å². The van der Waals surface area contributed by atoms with E-state index in [2.05, 4.69) is 5.32 Å². The maximum absolute atomic E-state index is 10.9. The highest BCUT2D eigenvalue weighted by atomic mass is 32.2. The third kappa shape index (κ3) is 3.00. The summed E-state index contributed by atoms with van der Waals surface area (Å²) in [6.45, 7) is 5.31. The largest absolute Gasteiger partial charge is 0.326 e. The topological polar surface area (TPSA) is 52.9 Å². The van der Waals surface area contributed by atoms with Gasteiger partial charge in [0.25, 0.3) is 0 Å². The molecule has 3 nitrogen and oxygen atoms in total. The number of anilines is 1. The van der Waals surface area contributed by atoms with Gasteiger partial charge in [-0.25, -0.2) is 0 Å². The first-order valence-corrected chi connectivity index (χ1v) is 5.31. The molecule has 1 amide bonds. The molecule has 0 bridgehead atoms. The first-order valence-electron chi connectivity index (χ1n) is 4.49. The Morgan fingerprint density at radius 3 is 2.60 bits per heavy atom. The molecule has 1 rings (SSSR count). The van der Waals surface area contributed by atoms with Crippen LogP contribution in [0, 0.1) is 24.5 Å². The Kier molecular flexibility index (Phi) is 3.75. The van der Waals surface area contributed by atoms with Gasteiger partial charge in [0.15, 0.2) is 0 Å². The molecule has 78 valence electrons. The molecule has 1 N–H and O–H groups in total. The summed E-state index contributed by atoms with van der Waals surface area (Å²) in [5.41, 5.74) is 2.77. The number of thioether (sulfide) groups is 1. The summed E-state index contributed by atoms with van der Waals surface area (Å²) >= 11 is 1.14. The van der Waals surface area contributed by atoms with Gasteiger partial charge in [-0.15, -0.1) is 0 Å². The van der Waals surface area contributed by atoms with Crippen molar-refractivity contribution in [2.24, 2.45) is 0 Å². The summed E-state index contributed by atoms with van der Waals surface area (Å²) < 4.78 is 0. The van der Waals surface area contributed by atoms with Gasteiger partial charge < -0.3 is 5.32 Å². The molecule has 0 saturated carbocycles. The average molecular weight is 220 g/mol. The smallest absolute Gasteiger partial charge is 0.221 e. The van der Waals surface area contributed by atoms with E-state index in [1.54, 1.807) is 0 Å². The Hall–Kier alpha value is -1.47. The molecule has 0 aromatic heterocycles.